The van der Waals surface area contributed by atoms with Gasteiger partial charge in [-0.15, -0.1) is 0 Å². The maximum Gasteiger partial charge on any atom is 0.413 e. The summed E-state index contributed by atoms with van der Waals surface area (Å²) in [5, 5.41) is 6.55. The number of hydrogen-bond acceptors (Lipinski definition) is 5. The Kier molecular flexibility index (Phi) is 6.39. The number of carbonyl (C=O) groups is 1. The average Bonchev–Trinajstić information content (AvgIpc) is 2.53. The lowest BCUT2D eigenvalue weighted by Gasteiger charge is -2.28. The predicted molar refractivity (Wildman–Crippen MR) is 97.2 cm³/mol. The van der Waals surface area contributed by atoms with Crippen LogP contribution in [0.5, 0.6) is 5.75 Å². The Balaban J connectivity index is 1.79. The summed E-state index contributed by atoms with van der Waals surface area (Å²) in [7, 11) is 0. The standard InChI is InChI=1S/C17H25N3O3S/c1-17(2,3)19-15(21)23-14-6-4-13(5-7-14)12-22-16(24)20-10-8-18-9-11-20/h4-7,18H,8-12H2,1-3H3,(H,19,21). The van der Waals surface area contributed by atoms with Gasteiger partial charge in [0.05, 0.1) is 0 Å². The molecule has 0 aliphatic carbocycles. The molecule has 2 N–H and O–H groups in total. The summed E-state index contributed by atoms with van der Waals surface area (Å²) in [6.45, 7) is 9.68. The van der Waals surface area contributed by atoms with Crippen LogP contribution >= 0.6 is 12.2 Å². The van der Waals surface area contributed by atoms with Crippen molar-refractivity contribution in [3.8, 4) is 5.75 Å². The van der Waals surface area contributed by atoms with Crippen LogP contribution < -0.4 is 15.4 Å². The summed E-state index contributed by atoms with van der Waals surface area (Å²) in [6.07, 6.45) is -0.466. The molecule has 24 heavy (non-hydrogen) atoms. The highest BCUT2D eigenvalue weighted by Gasteiger charge is 2.16. The first kappa shape index (κ1) is 18.5. The molecule has 7 heteroatoms. The third-order valence-corrected chi connectivity index (χ3v) is 3.72. The van der Waals surface area contributed by atoms with Crippen LogP contribution in [0, 0.1) is 0 Å². The summed E-state index contributed by atoms with van der Waals surface area (Å²) in [6, 6.07) is 7.21. The van der Waals surface area contributed by atoms with Crippen LogP contribution in [0.15, 0.2) is 24.3 Å². The molecule has 1 aliphatic heterocycles. The van der Waals surface area contributed by atoms with Crippen LogP contribution in [0.2, 0.25) is 0 Å². The molecule has 1 fully saturated rings. The quantitative estimate of drug-likeness (QED) is 0.815. The molecule has 0 aromatic heterocycles. The first-order chi connectivity index (χ1) is 11.3. The molecule has 1 saturated heterocycles. The number of nitrogens with zero attached hydrogens (tertiary/aromatic N) is 1. The molecule has 1 heterocycles. The van der Waals surface area contributed by atoms with Crippen molar-refractivity contribution in [1.29, 1.82) is 0 Å². The van der Waals surface area contributed by atoms with Gasteiger partial charge in [0.25, 0.3) is 5.17 Å². The molecule has 1 aromatic carbocycles. The van der Waals surface area contributed by atoms with Gasteiger partial charge >= 0.3 is 6.09 Å². The highest BCUT2D eigenvalue weighted by atomic mass is 32.1. The van der Waals surface area contributed by atoms with Crippen molar-refractivity contribution in [3.05, 3.63) is 29.8 Å². The van der Waals surface area contributed by atoms with Crippen molar-refractivity contribution in [1.82, 2.24) is 15.5 Å². The van der Waals surface area contributed by atoms with Crippen LogP contribution in [-0.4, -0.2) is 47.9 Å². The van der Waals surface area contributed by atoms with Crippen molar-refractivity contribution in [2.75, 3.05) is 26.2 Å². The molecule has 6 nitrogen and oxygen atoms in total. The largest absolute Gasteiger partial charge is 0.466 e. The Hall–Kier alpha value is -1.86. The molecule has 132 valence electrons. The summed E-state index contributed by atoms with van der Waals surface area (Å²) >= 11 is 5.30. The van der Waals surface area contributed by atoms with Gasteiger partial charge in [0.2, 0.25) is 0 Å². The molecule has 0 unspecified atom stereocenters. The van der Waals surface area contributed by atoms with Gasteiger partial charge in [-0.05, 0) is 50.7 Å². The first-order valence-electron chi connectivity index (χ1n) is 8.05. The molecule has 0 radical (unpaired) electrons. The Morgan fingerprint density at radius 1 is 1.25 bits per heavy atom. The van der Waals surface area contributed by atoms with Gasteiger partial charge in [0, 0.05) is 31.7 Å². The monoisotopic (exact) mass is 351 g/mol. The van der Waals surface area contributed by atoms with Crippen molar-refractivity contribution in [2.24, 2.45) is 0 Å². The van der Waals surface area contributed by atoms with E-state index in [4.69, 9.17) is 21.7 Å². The molecule has 0 bridgehead atoms. The van der Waals surface area contributed by atoms with Gasteiger partial charge in [-0.2, -0.15) is 0 Å². The molecular weight excluding hydrogens is 326 g/mol. The summed E-state index contributed by atoms with van der Waals surface area (Å²) in [5.41, 5.74) is 0.640. The minimum absolute atomic E-state index is 0.329. The highest BCUT2D eigenvalue weighted by molar-refractivity contribution is 7.80. The van der Waals surface area contributed by atoms with Crippen LogP contribution in [0.25, 0.3) is 0 Å². The zero-order valence-electron chi connectivity index (χ0n) is 14.4. The van der Waals surface area contributed by atoms with Crippen molar-refractivity contribution in [2.45, 2.75) is 32.9 Å². The van der Waals surface area contributed by atoms with E-state index in [1.807, 2.05) is 32.9 Å². The van der Waals surface area contributed by atoms with Crippen LogP contribution in [0.1, 0.15) is 26.3 Å². The predicted octanol–water partition coefficient (Wildman–Crippen LogP) is 2.28. The summed E-state index contributed by atoms with van der Waals surface area (Å²) < 4.78 is 10.9. The molecular formula is C17H25N3O3S. The van der Waals surface area contributed by atoms with Crippen molar-refractivity contribution < 1.29 is 14.3 Å². The van der Waals surface area contributed by atoms with Gasteiger partial charge in [-0.25, -0.2) is 4.79 Å². The molecule has 1 amide bonds. The summed E-state index contributed by atoms with van der Waals surface area (Å²) in [5.74, 6) is 0.491. The number of benzene rings is 1. The highest BCUT2D eigenvalue weighted by Crippen LogP contribution is 2.14. The Morgan fingerprint density at radius 3 is 2.46 bits per heavy atom. The summed E-state index contributed by atoms with van der Waals surface area (Å²) in [4.78, 5) is 13.8. The van der Waals surface area contributed by atoms with Gasteiger partial charge in [0.1, 0.15) is 12.4 Å². The van der Waals surface area contributed by atoms with E-state index in [9.17, 15) is 4.79 Å². The van der Waals surface area contributed by atoms with Crippen molar-refractivity contribution in [3.63, 3.8) is 0 Å². The number of hydrogen-bond donors (Lipinski definition) is 2. The van der Waals surface area contributed by atoms with Crippen LogP contribution in [0.4, 0.5) is 4.79 Å². The van der Waals surface area contributed by atoms with Crippen molar-refractivity contribution >= 4 is 23.5 Å². The van der Waals surface area contributed by atoms with E-state index in [0.29, 0.717) is 17.5 Å². The number of ether oxygens (including phenoxy) is 2. The maximum absolute atomic E-state index is 11.7. The molecule has 2 rings (SSSR count). The number of rotatable bonds is 3. The van der Waals surface area contributed by atoms with E-state index in [2.05, 4.69) is 15.5 Å². The lowest BCUT2D eigenvalue weighted by atomic mass is 10.1. The van der Waals surface area contributed by atoms with E-state index < -0.39 is 6.09 Å². The molecule has 1 aromatic rings. The Labute approximate surface area is 148 Å². The van der Waals surface area contributed by atoms with Gasteiger partial charge < -0.3 is 25.0 Å². The Bertz CT molecular complexity index is 563. The average molecular weight is 351 g/mol. The fraction of sp³-hybridized carbons (Fsp3) is 0.529. The number of carbonyl (C=O) groups excluding carboxylic acids is 1. The van der Waals surface area contributed by atoms with E-state index in [1.54, 1.807) is 12.1 Å². The second-order valence-corrected chi connectivity index (χ2v) is 7.05. The third kappa shape index (κ3) is 6.33. The lowest BCUT2D eigenvalue weighted by molar-refractivity contribution is 0.190. The second kappa shape index (κ2) is 8.30. The zero-order valence-corrected chi connectivity index (χ0v) is 15.2. The van der Waals surface area contributed by atoms with Gasteiger partial charge in [-0.3, -0.25) is 0 Å². The number of amides is 1. The smallest absolute Gasteiger partial charge is 0.413 e. The number of thiocarbonyl (C=S) groups is 1. The number of piperazine rings is 1. The van der Waals surface area contributed by atoms with Gasteiger partial charge in [-0.1, -0.05) is 12.1 Å². The third-order valence-electron chi connectivity index (χ3n) is 3.35. The fourth-order valence-electron chi connectivity index (χ4n) is 2.18. The van der Waals surface area contributed by atoms with Gasteiger partial charge in [0.15, 0.2) is 0 Å². The molecule has 0 spiro atoms. The van der Waals surface area contributed by atoms with E-state index in [0.717, 1.165) is 31.7 Å². The van der Waals surface area contributed by atoms with Crippen LogP contribution in [0.3, 0.4) is 0 Å². The van der Waals surface area contributed by atoms with E-state index in [1.165, 1.54) is 0 Å². The maximum atomic E-state index is 11.7. The number of nitrogens with one attached hydrogen (secondary N) is 2. The van der Waals surface area contributed by atoms with Crippen LogP contribution in [-0.2, 0) is 11.3 Å². The fourth-order valence-corrected chi connectivity index (χ4v) is 2.42. The molecule has 1 aliphatic rings. The first-order valence-corrected chi connectivity index (χ1v) is 8.46. The molecule has 0 atom stereocenters. The SMILES string of the molecule is CC(C)(C)NC(=O)Oc1ccc(COC(=S)N2CCNCC2)cc1. The minimum Gasteiger partial charge on any atom is -0.466 e. The lowest BCUT2D eigenvalue weighted by Crippen LogP contribution is -2.46. The minimum atomic E-state index is -0.466. The molecule has 0 saturated carbocycles. The van der Waals surface area contributed by atoms with E-state index in [-0.39, 0.29) is 5.54 Å². The normalized spacial score (nSPS) is 14.9. The topological polar surface area (TPSA) is 62.8 Å². The zero-order chi connectivity index (χ0) is 17.6. The Morgan fingerprint density at radius 2 is 1.88 bits per heavy atom. The van der Waals surface area contributed by atoms with E-state index >= 15 is 0 Å². The second-order valence-electron chi connectivity index (χ2n) is 6.70.